The van der Waals surface area contributed by atoms with Crippen LogP contribution in [0.2, 0.25) is 5.02 Å². The summed E-state index contributed by atoms with van der Waals surface area (Å²) in [7, 11) is 0. The van der Waals surface area contributed by atoms with Gasteiger partial charge in [0.15, 0.2) is 0 Å². The Morgan fingerprint density at radius 2 is 1.50 bits per heavy atom. The molecule has 0 unspecified atom stereocenters. The summed E-state index contributed by atoms with van der Waals surface area (Å²) in [6, 6.07) is 26.3. The van der Waals surface area contributed by atoms with Crippen LogP contribution in [-0.2, 0) is 6.54 Å². The van der Waals surface area contributed by atoms with E-state index in [1.807, 2.05) is 30.3 Å². The highest BCUT2D eigenvalue weighted by molar-refractivity contribution is 6.30. The highest BCUT2D eigenvalue weighted by Gasteiger charge is 2.16. The van der Waals surface area contributed by atoms with Gasteiger partial charge in [0.25, 0.3) is 0 Å². The zero-order valence-electron chi connectivity index (χ0n) is 17.1. The van der Waals surface area contributed by atoms with Crippen molar-refractivity contribution in [2.24, 2.45) is 0 Å². The molecule has 3 aromatic carbocycles. The van der Waals surface area contributed by atoms with E-state index in [1.54, 1.807) is 0 Å². The van der Waals surface area contributed by atoms with E-state index in [0.717, 1.165) is 50.8 Å². The van der Waals surface area contributed by atoms with E-state index < -0.39 is 0 Å². The Morgan fingerprint density at radius 1 is 0.767 bits per heavy atom. The van der Waals surface area contributed by atoms with Gasteiger partial charge in [0, 0.05) is 44.3 Å². The number of ether oxygens (including phenoxy) is 1. The van der Waals surface area contributed by atoms with E-state index in [4.69, 9.17) is 16.3 Å². The van der Waals surface area contributed by atoms with Gasteiger partial charge in [-0.2, -0.15) is 0 Å². The summed E-state index contributed by atoms with van der Waals surface area (Å²) < 4.78 is 5.97. The number of benzene rings is 3. The monoisotopic (exact) mass is 418 g/mol. The van der Waals surface area contributed by atoms with E-state index >= 15 is 0 Å². The first-order valence-electron chi connectivity index (χ1n) is 10.4. The SMILES string of the molecule is Clc1ccc(Oc2cccc(CN3CCN(CC=Cc4ccccc4)CC3)c2)cc1. The van der Waals surface area contributed by atoms with Crippen molar-refractivity contribution in [3.05, 3.63) is 101 Å². The first-order chi connectivity index (χ1) is 14.7. The Labute approximate surface area is 184 Å². The Hall–Kier alpha value is -2.59. The topological polar surface area (TPSA) is 15.7 Å². The summed E-state index contributed by atoms with van der Waals surface area (Å²) in [6.07, 6.45) is 4.47. The molecule has 1 saturated heterocycles. The maximum Gasteiger partial charge on any atom is 0.127 e. The molecule has 0 amide bonds. The predicted octanol–water partition coefficient (Wildman–Crippen LogP) is 5.96. The summed E-state index contributed by atoms with van der Waals surface area (Å²) in [5, 5.41) is 0.714. The van der Waals surface area contributed by atoms with Crippen molar-refractivity contribution in [1.29, 1.82) is 0 Å². The highest BCUT2D eigenvalue weighted by Crippen LogP contribution is 2.24. The fraction of sp³-hybridized carbons (Fsp3) is 0.231. The molecule has 0 bridgehead atoms. The normalized spacial score (nSPS) is 15.5. The van der Waals surface area contributed by atoms with Gasteiger partial charge in [-0.05, 0) is 47.5 Å². The Kier molecular flexibility index (Phi) is 7.20. The lowest BCUT2D eigenvalue weighted by Gasteiger charge is -2.34. The second-order valence-corrected chi connectivity index (χ2v) is 8.03. The summed E-state index contributed by atoms with van der Waals surface area (Å²) in [4.78, 5) is 5.02. The summed E-state index contributed by atoms with van der Waals surface area (Å²) in [5.41, 5.74) is 2.54. The number of hydrogen-bond donors (Lipinski definition) is 0. The molecule has 0 N–H and O–H groups in total. The molecule has 3 nitrogen and oxygen atoms in total. The molecular formula is C26H27ClN2O. The van der Waals surface area contributed by atoms with Gasteiger partial charge in [0.2, 0.25) is 0 Å². The van der Waals surface area contributed by atoms with Crippen LogP contribution in [0.5, 0.6) is 11.5 Å². The van der Waals surface area contributed by atoms with Crippen molar-refractivity contribution in [2.45, 2.75) is 6.54 Å². The molecule has 4 rings (SSSR count). The first kappa shape index (κ1) is 20.7. The Balaban J connectivity index is 1.25. The molecule has 1 fully saturated rings. The number of hydrogen-bond acceptors (Lipinski definition) is 3. The van der Waals surface area contributed by atoms with Gasteiger partial charge < -0.3 is 4.74 Å². The van der Waals surface area contributed by atoms with E-state index in [-0.39, 0.29) is 0 Å². The lowest BCUT2D eigenvalue weighted by molar-refractivity contribution is 0.137. The molecule has 0 aliphatic carbocycles. The maximum absolute atomic E-state index is 5.97. The minimum Gasteiger partial charge on any atom is -0.457 e. The van der Waals surface area contributed by atoms with Gasteiger partial charge in [0.1, 0.15) is 11.5 Å². The van der Waals surface area contributed by atoms with Crippen molar-refractivity contribution < 1.29 is 4.74 Å². The minimum absolute atomic E-state index is 0.714. The van der Waals surface area contributed by atoms with Crippen LogP contribution in [0.15, 0.2) is 84.9 Å². The highest BCUT2D eigenvalue weighted by atomic mass is 35.5. The van der Waals surface area contributed by atoms with Crippen LogP contribution in [0.4, 0.5) is 0 Å². The van der Waals surface area contributed by atoms with Crippen molar-refractivity contribution in [3.63, 3.8) is 0 Å². The molecule has 0 aromatic heterocycles. The van der Waals surface area contributed by atoms with Gasteiger partial charge in [-0.25, -0.2) is 0 Å². The average Bonchev–Trinajstić information content (AvgIpc) is 2.78. The molecule has 0 spiro atoms. The molecule has 1 aliphatic rings. The van der Waals surface area contributed by atoms with Crippen LogP contribution >= 0.6 is 11.6 Å². The summed E-state index contributed by atoms with van der Waals surface area (Å²) in [5.74, 6) is 1.66. The number of rotatable bonds is 7. The smallest absolute Gasteiger partial charge is 0.127 e. The lowest BCUT2D eigenvalue weighted by atomic mass is 10.2. The van der Waals surface area contributed by atoms with Crippen molar-refractivity contribution in [3.8, 4) is 11.5 Å². The fourth-order valence-electron chi connectivity index (χ4n) is 3.64. The third-order valence-electron chi connectivity index (χ3n) is 5.29. The minimum atomic E-state index is 0.714. The molecule has 0 saturated carbocycles. The molecule has 0 atom stereocenters. The quantitative estimate of drug-likeness (QED) is 0.470. The van der Waals surface area contributed by atoms with E-state index in [2.05, 4.69) is 70.5 Å². The Bertz CT molecular complexity index is 948. The van der Waals surface area contributed by atoms with Gasteiger partial charge in [-0.1, -0.05) is 66.2 Å². The second kappa shape index (κ2) is 10.4. The van der Waals surface area contributed by atoms with Crippen molar-refractivity contribution in [1.82, 2.24) is 9.80 Å². The van der Waals surface area contributed by atoms with Gasteiger partial charge in [-0.15, -0.1) is 0 Å². The van der Waals surface area contributed by atoms with Gasteiger partial charge in [0.05, 0.1) is 0 Å². The van der Waals surface area contributed by atoms with Crippen LogP contribution in [-0.4, -0.2) is 42.5 Å². The largest absolute Gasteiger partial charge is 0.457 e. The van der Waals surface area contributed by atoms with Crippen LogP contribution in [0, 0.1) is 0 Å². The number of nitrogens with zero attached hydrogens (tertiary/aromatic N) is 2. The van der Waals surface area contributed by atoms with Crippen LogP contribution < -0.4 is 4.74 Å². The van der Waals surface area contributed by atoms with Gasteiger partial charge in [-0.3, -0.25) is 9.80 Å². The van der Waals surface area contributed by atoms with Gasteiger partial charge >= 0.3 is 0 Å². The summed E-state index contributed by atoms with van der Waals surface area (Å²) >= 11 is 5.95. The van der Waals surface area contributed by atoms with E-state index in [0.29, 0.717) is 5.02 Å². The molecule has 30 heavy (non-hydrogen) atoms. The second-order valence-electron chi connectivity index (χ2n) is 7.59. The average molecular weight is 419 g/mol. The maximum atomic E-state index is 5.97. The molecule has 3 aromatic rings. The van der Waals surface area contributed by atoms with E-state index in [1.165, 1.54) is 11.1 Å². The molecule has 0 radical (unpaired) electrons. The number of piperazine rings is 1. The standard InChI is InChI=1S/C26H27ClN2O/c27-24-11-13-25(14-12-24)30-26-10-4-8-23(20-26)21-29-18-16-28(17-19-29)15-5-9-22-6-2-1-3-7-22/h1-14,20H,15-19,21H2. The third-order valence-corrected chi connectivity index (χ3v) is 5.54. The fourth-order valence-corrected chi connectivity index (χ4v) is 3.76. The summed E-state index contributed by atoms with van der Waals surface area (Å²) in [6.45, 7) is 6.32. The number of halogens is 1. The zero-order chi connectivity index (χ0) is 20.6. The predicted molar refractivity (Wildman–Crippen MR) is 125 cm³/mol. The molecule has 4 heteroatoms. The van der Waals surface area contributed by atoms with E-state index in [9.17, 15) is 0 Å². The lowest BCUT2D eigenvalue weighted by Crippen LogP contribution is -2.45. The Morgan fingerprint density at radius 3 is 2.27 bits per heavy atom. The molecular weight excluding hydrogens is 392 g/mol. The molecule has 1 aliphatic heterocycles. The molecule has 1 heterocycles. The van der Waals surface area contributed by atoms with Crippen LogP contribution in [0.1, 0.15) is 11.1 Å². The van der Waals surface area contributed by atoms with Crippen molar-refractivity contribution in [2.75, 3.05) is 32.7 Å². The van der Waals surface area contributed by atoms with Crippen LogP contribution in [0.3, 0.4) is 0 Å². The van der Waals surface area contributed by atoms with Crippen molar-refractivity contribution >= 4 is 17.7 Å². The van der Waals surface area contributed by atoms with Crippen LogP contribution in [0.25, 0.3) is 6.08 Å². The first-order valence-corrected chi connectivity index (χ1v) is 10.8. The zero-order valence-corrected chi connectivity index (χ0v) is 17.8. The molecule has 154 valence electrons. The third kappa shape index (κ3) is 6.20.